The summed E-state index contributed by atoms with van der Waals surface area (Å²) in [4.78, 5) is 18.4. The Bertz CT molecular complexity index is 714. The maximum absolute atomic E-state index is 13.1. The van der Waals surface area contributed by atoms with Crippen molar-refractivity contribution in [1.82, 2.24) is 14.5 Å². The molecule has 0 aliphatic carbocycles. The van der Waals surface area contributed by atoms with Gasteiger partial charge in [0.15, 0.2) is 5.16 Å². The molecule has 1 aliphatic rings. The fraction of sp³-hybridized carbons (Fsp3) is 0.412. The largest absolute Gasteiger partial charge is 0.390 e. The van der Waals surface area contributed by atoms with Gasteiger partial charge < -0.3 is 19.3 Å². The van der Waals surface area contributed by atoms with Gasteiger partial charge in [-0.15, -0.1) is 0 Å². The molecule has 2 aromatic rings. The number of imidazole rings is 1. The standard InChI is InChI=1S/C17H20FN3O3S/c18-14-3-1-13(2-4-14)10-21-15(11-22)9-19-17(21)25-12-16(23)20-5-7-24-8-6-20/h1-4,9,22H,5-8,10-12H2. The van der Waals surface area contributed by atoms with Crippen molar-refractivity contribution >= 4 is 17.7 Å². The Hall–Kier alpha value is -1.90. The van der Waals surface area contributed by atoms with E-state index >= 15 is 0 Å². The summed E-state index contributed by atoms with van der Waals surface area (Å²) in [5.41, 5.74) is 1.56. The summed E-state index contributed by atoms with van der Waals surface area (Å²) in [5.74, 6) is 0.0447. The fourth-order valence-electron chi connectivity index (χ4n) is 2.61. The quantitative estimate of drug-likeness (QED) is 0.786. The van der Waals surface area contributed by atoms with Crippen molar-refractivity contribution in [1.29, 1.82) is 0 Å². The molecule has 1 aromatic heterocycles. The maximum Gasteiger partial charge on any atom is 0.233 e. The van der Waals surface area contributed by atoms with Crippen LogP contribution in [0, 0.1) is 5.82 Å². The van der Waals surface area contributed by atoms with Gasteiger partial charge in [0.1, 0.15) is 5.82 Å². The van der Waals surface area contributed by atoms with Gasteiger partial charge in [0.25, 0.3) is 0 Å². The summed E-state index contributed by atoms with van der Waals surface area (Å²) in [6, 6.07) is 6.20. The van der Waals surface area contributed by atoms with Gasteiger partial charge >= 0.3 is 0 Å². The predicted molar refractivity (Wildman–Crippen MR) is 91.8 cm³/mol. The lowest BCUT2D eigenvalue weighted by Gasteiger charge is -2.26. The van der Waals surface area contributed by atoms with Gasteiger partial charge in [0.05, 0.1) is 37.5 Å². The Morgan fingerprint density at radius 3 is 2.68 bits per heavy atom. The molecule has 0 saturated carbocycles. The zero-order chi connectivity index (χ0) is 17.6. The van der Waals surface area contributed by atoms with Crippen molar-refractivity contribution in [3.63, 3.8) is 0 Å². The molecule has 1 aliphatic heterocycles. The van der Waals surface area contributed by atoms with Crippen molar-refractivity contribution in [3.05, 3.63) is 47.5 Å². The van der Waals surface area contributed by atoms with Crippen molar-refractivity contribution in [2.24, 2.45) is 0 Å². The fourth-order valence-corrected chi connectivity index (χ4v) is 3.51. The number of aromatic nitrogens is 2. The number of aliphatic hydroxyl groups excluding tert-OH is 1. The summed E-state index contributed by atoms with van der Waals surface area (Å²) in [7, 11) is 0. The monoisotopic (exact) mass is 365 g/mol. The third kappa shape index (κ3) is 4.59. The van der Waals surface area contributed by atoms with Crippen LogP contribution in [0.25, 0.3) is 0 Å². The molecule has 0 radical (unpaired) electrons. The van der Waals surface area contributed by atoms with Crippen molar-refractivity contribution in [2.45, 2.75) is 18.3 Å². The molecule has 0 unspecified atom stereocenters. The van der Waals surface area contributed by atoms with Gasteiger partial charge in [0.2, 0.25) is 5.91 Å². The first kappa shape index (κ1) is 17.9. The molecule has 2 heterocycles. The molecule has 1 fully saturated rings. The minimum atomic E-state index is -0.289. The Balaban J connectivity index is 1.67. The summed E-state index contributed by atoms with van der Waals surface area (Å²) in [6.45, 7) is 2.70. The predicted octanol–water partition coefficient (Wildman–Crippen LogP) is 1.51. The van der Waals surface area contributed by atoms with E-state index in [1.165, 1.54) is 23.9 Å². The molecule has 8 heteroatoms. The average Bonchev–Trinajstić information content (AvgIpc) is 3.04. The van der Waals surface area contributed by atoms with Crippen LogP contribution in [0.3, 0.4) is 0 Å². The number of carbonyl (C=O) groups is 1. The first-order valence-corrected chi connectivity index (χ1v) is 9.04. The van der Waals surface area contributed by atoms with Crippen LogP contribution in [0.4, 0.5) is 4.39 Å². The van der Waals surface area contributed by atoms with Gasteiger partial charge in [-0.3, -0.25) is 4.79 Å². The normalized spacial score (nSPS) is 14.7. The van der Waals surface area contributed by atoms with Gasteiger partial charge in [-0.2, -0.15) is 0 Å². The second-order valence-electron chi connectivity index (χ2n) is 5.68. The second-order valence-corrected chi connectivity index (χ2v) is 6.63. The van der Waals surface area contributed by atoms with Crippen LogP contribution in [-0.2, 0) is 22.7 Å². The molecule has 1 aromatic carbocycles. The van der Waals surface area contributed by atoms with Gasteiger partial charge in [-0.25, -0.2) is 9.37 Å². The molecule has 1 amide bonds. The highest BCUT2D eigenvalue weighted by Crippen LogP contribution is 2.21. The first-order valence-electron chi connectivity index (χ1n) is 8.05. The number of amides is 1. The number of thioether (sulfide) groups is 1. The highest BCUT2D eigenvalue weighted by molar-refractivity contribution is 7.99. The molecule has 0 bridgehead atoms. The number of carbonyl (C=O) groups excluding carboxylic acids is 1. The molecule has 0 atom stereocenters. The Kier molecular flexibility index (Phi) is 6.06. The minimum Gasteiger partial charge on any atom is -0.390 e. The molecule has 1 saturated heterocycles. The van der Waals surface area contributed by atoms with Gasteiger partial charge in [-0.05, 0) is 17.7 Å². The number of aliphatic hydroxyl groups is 1. The summed E-state index contributed by atoms with van der Waals surface area (Å²) in [5, 5.41) is 10.2. The van der Waals surface area contributed by atoms with Crippen molar-refractivity contribution in [3.8, 4) is 0 Å². The van der Waals surface area contributed by atoms with Gasteiger partial charge in [-0.1, -0.05) is 23.9 Å². The van der Waals surface area contributed by atoms with E-state index in [4.69, 9.17) is 4.74 Å². The minimum absolute atomic E-state index is 0.0511. The van der Waals surface area contributed by atoms with E-state index in [1.807, 2.05) is 4.57 Å². The third-order valence-electron chi connectivity index (χ3n) is 4.01. The van der Waals surface area contributed by atoms with Crippen molar-refractivity contribution < 1.29 is 19.0 Å². The van der Waals surface area contributed by atoms with Crippen LogP contribution in [0.5, 0.6) is 0 Å². The number of ether oxygens (including phenoxy) is 1. The summed E-state index contributed by atoms with van der Waals surface area (Å²) >= 11 is 1.34. The number of halogens is 1. The number of nitrogens with zero attached hydrogens (tertiary/aromatic N) is 3. The number of benzene rings is 1. The zero-order valence-corrected chi connectivity index (χ0v) is 14.5. The highest BCUT2D eigenvalue weighted by atomic mass is 32.2. The van der Waals surface area contributed by atoms with E-state index in [1.54, 1.807) is 23.2 Å². The third-order valence-corrected chi connectivity index (χ3v) is 4.98. The van der Waals surface area contributed by atoms with E-state index in [-0.39, 0.29) is 24.1 Å². The molecule has 3 rings (SSSR count). The molecule has 134 valence electrons. The highest BCUT2D eigenvalue weighted by Gasteiger charge is 2.18. The molecule has 1 N–H and O–H groups in total. The van der Waals surface area contributed by atoms with E-state index in [0.717, 1.165) is 5.56 Å². The van der Waals surface area contributed by atoms with Crippen molar-refractivity contribution in [2.75, 3.05) is 32.1 Å². The van der Waals surface area contributed by atoms with Crippen LogP contribution in [0.2, 0.25) is 0 Å². The summed E-state index contributed by atoms with van der Waals surface area (Å²) in [6.07, 6.45) is 1.60. The van der Waals surface area contributed by atoms with Crippen LogP contribution in [0.1, 0.15) is 11.3 Å². The van der Waals surface area contributed by atoms with Crippen LogP contribution in [-0.4, -0.2) is 57.5 Å². The molecule has 6 nitrogen and oxygen atoms in total. The smallest absolute Gasteiger partial charge is 0.233 e. The SMILES string of the molecule is O=C(CSc1ncc(CO)n1Cc1ccc(F)cc1)N1CCOCC1. The number of rotatable bonds is 6. The van der Waals surface area contributed by atoms with E-state index < -0.39 is 0 Å². The molecular formula is C17H20FN3O3S. The Morgan fingerprint density at radius 1 is 1.28 bits per heavy atom. The van der Waals surface area contributed by atoms with Gasteiger partial charge in [0, 0.05) is 19.6 Å². The zero-order valence-electron chi connectivity index (χ0n) is 13.7. The molecule has 0 spiro atoms. The lowest BCUT2D eigenvalue weighted by atomic mass is 10.2. The molecular weight excluding hydrogens is 345 g/mol. The van der Waals surface area contributed by atoms with Crippen LogP contribution >= 0.6 is 11.8 Å². The molecule has 25 heavy (non-hydrogen) atoms. The first-order chi connectivity index (χ1) is 12.2. The number of hydrogen-bond donors (Lipinski definition) is 1. The number of morpholine rings is 1. The van der Waals surface area contributed by atoms with E-state index in [9.17, 15) is 14.3 Å². The second kappa shape index (κ2) is 8.46. The Labute approximate surface area is 149 Å². The van der Waals surface area contributed by atoms with E-state index in [0.29, 0.717) is 43.7 Å². The topological polar surface area (TPSA) is 67.6 Å². The maximum atomic E-state index is 13.1. The lowest BCUT2D eigenvalue weighted by Crippen LogP contribution is -2.41. The van der Waals surface area contributed by atoms with E-state index in [2.05, 4.69) is 4.98 Å². The Morgan fingerprint density at radius 2 is 2.00 bits per heavy atom. The van der Waals surface area contributed by atoms with Crippen LogP contribution in [0.15, 0.2) is 35.6 Å². The number of hydrogen-bond acceptors (Lipinski definition) is 5. The summed E-state index contributed by atoms with van der Waals surface area (Å²) < 4.78 is 20.2. The average molecular weight is 365 g/mol. The van der Waals surface area contributed by atoms with Crippen LogP contribution < -0.4 is 0 Å². The lowest BCUT2D eigenvalue weighted by molar-refractivity contribution is -0.132.